The van der Waals surface area contributed by atoms with Gasteiger partial charge < -0.3 is 19.9 Å². The highest BCUT2D eigenvalue weighted by Gasteiger charge is 2.39. The molecule has 33 heavy (non-hydrogen) atoms. The van der Waals surface area contributed by atoms with E-state index in [1.807, 2.05) is 31.2 Å². The van der Waals surface area contributed by atoms with Crippen molar-refractivity contribution in [1.29, 1.82) is 0 Å². The van der Waals surface area contributed by atoms with Crippen molar-refractivity contribution in [2.24, 2.45) is 5.92 Å². The van der Waals surface area contributed by atoms with Gasteiger partial charge in [0.2, 0.25) is 11.8 Å². The summed E-state index contributed by atoms with van der Waals surface area (Å²) in [5.74, 6) is -0.125. The average Bonchev–Trinajstić information content (AvgIpc) is 3.12. The number of hydrogen-bond donors (Lipinski definition) is 2. The molecule has 3 aliphatic rings. The number of methoxy groups -OCH3 is 1. The number of carbonyl (C=O) groups excluding carboxylic acids is 4. The van der Waals surface area contributed by atoms with E-state index >= 15 is 0 Å². The Labute approximate surface area is 192 Å². The first-order valence-electron chi connectivity index (χ1n) is 11.0. The number of allylic oxidation sites excluding steroid dienone is 1. The molecular weight excluding hydrogens is 424 g/mol. The van der Waals surface area contributed by atoms with Gasteiger partial charge in [0.05, 0.1) is 13.2 Å². The summed E-state index contributed by atoms with van der Waals surface area (Å²) in [7, 11) is 3.32. The molecule has 2 heterocycles. The number of nitrogens with zero attached hydrogens (tertiary/aromatic N) is 2. The molecule has 1 fully saturated rings. The van der Waals surface area contributed by atoms with Crippen LogP contribution in [0.2, 0.25) is 0 Å². The van der Waals surface area contributed by atoms with Crippen molar-refractivity contribution < 1.29 is 23.9 Å². The van der Waals surface area contributed by atoms with Crippen molar-refractivity contribution >= 4 is 23.8 Å². The van der Waals surface area contributed by atoms with Crippen LogP contribution in [0.15, 0.2) is 42.2 Å². The van der Waals surface area contributed by atoms with Crippen LogP contribution < -0.4 is 10.6 Å². The van der Waals surface area contributed by atoms with Gasteiger partial charge in [0.25, 0.3) is 5.91 Å². The Balaban J connectivity index is 1.44. The van der Waals surface area contributed by atoms with Crippen molar-refractivity contribution in [3.8, 4) is 0 Å². The van der Waals surface area contributed by atoms with Crippen molar-refractivity contribution in [1.82, 2.24) is 20.4 Å². The molecule has 3 unspecified atom stereocenters. The van der Waals surface area contributed by atoms with E-state index in [0.717, 1.165) is 16.9 Å². The van der Waals surface area contributed by atoms with Crippen molar-refractivity contribution in [3.63, 3.8) is 0 Å². The Morgan fingerprint density at radius 1 is 1.30 bits per heavy atom. The van der Waals surface area contributed by atoms with Gasteiger partial charge in [-0.2, -0.15) is 0 Å². The molecule has 2 aliphatic heterocycles. The third-order valence-corrected chi connectivity index (χ3v) is 6.42. The molecule has 174 valence electrons. The standard InChI is InChI=1S/C24H28N4O5/c1-14-11-16(33-3)7-8-19(14)25-24(32)27(2)12-15-5-4-6-17-18(15)13-28(23(17)31)20-9-10-21(29)26-22(20)30/h4-8,11,14,19-20H,9-10,12-13H2,1-3H3,(H,25,32)(H,26,29,30). The topological polar surface area (TPSA) is 108 Å². The fraction of sp³-hybridized carbons (Fsp3) is 0.417. The molecular formula is C24H28N4O5. The lowest BCUT2D eigenvalue weighted by Gasteiger charge is -2.29. The number of piperidine rings is 1. The zero-order valence-electron chi connectivity index (χ0n) is 19.0. The third-order valence-electron chi connectivity index (χ3n) is 6.42. The summed E-state index contributed by atoms with van der Waals surface area (Å²) < 4.78 is 5.23. The maximum Gasteiger partial charge on any atom is 0.317 e. The molecule has 0 radical (unpaired) electrons. The first-order chi connectivity index (χ1) is 15.8. The fourth-order valence-corrected chi connectivity index (χ4v) is 4.49. The number of carbonyl (C=O) groups is 4. The molecule has 0 bridgehead atoms. The second-order valence-electron chi connectivity index (χ2n) is 8.67. The van der Waals surface area contributed by atoms with E-state index in [1.54, 1.807) is 31.2 Å². The van der Waals surface area contributed by atoms with Gasteiger partial charge >= 0.3 is 6.03 Å². The molecule has 9 nitrogen and oxygen atoms in total. The average molecular weight is 453 g/mol. The van der Waals surface area contributed by atoms with Gasteiger partial charge in [0.1, 0.15) is 11.8 Å². The maximum atomic E-state index is 13.0. The number of nitrogens with one attached hydrogen (secondary N) is 2. The van der Waals surface area contributed by atoms with Crippen LogP contribution in [0.4, 0.5) is 4.79 Å². The van der Waals surface area contributed by atoms with Crippen molar-refractivity contribution in [2.75, 3.05) is 14.2 Å². The summed E-state index contributed by atoms with van der Waals surface area (Å²) in [5, 5.41) is 5.33. The van der Waals surface area contributed by atoms with Crippen LogP contribution in [0.25, 0.3) is 0 Å². The monoisotopic (exact) mass is 452 g/mol. The predicted octanol–water partition coefficient (Wildman–Crippen LogP) is 1.69. The van der Waals surface area contributed by atoms with Gasteiger partial charge in [0.15, 0.2) is 0 Å². The summed E-state index contributed by atoms with van der Waals surface area (Å²) in [6.07, 6.45) is 6.23. The van der Waals surface area contributed by atoms with Crippen LogP contribution in [0.5, 0.6) is 0 Å². The summed E-state index contributed by atoms with van der Waals surface area (Å²) in [4.78, 5) is 52.7. The summed E-state index contributed by atoms with van der Waals surface area (Å²) in [6, 6.07) is 4.37. The van der Waals surface area contributed by atoms with Crippen LogP contribution in [0.1, 0.15) is 41.3 Å². The number of benzene rings is 1. The summed E-state index contributed by atoms with van der Waals surface area (Å²) in [5.41, 5.74) is 2.19. The number of rotatable bonds is 5. The number of urea groups is 1. The zero-order valence-corrected chi connectivity index (χ0v) is 19.0. The Bertz CT molecular complexity index is 1060. The highest BCUT2D eigenvalue weighted by atomic mass is 16.5. The van der Waals surface area contributed by atoms with Gasteiger partial charge in [0, 0.05) is 38.0 Å². The van der Waals surface area contributed by atoms with E-state index < -0.39 is 11.9 Å². The summed E-state index contributed by atoms with van der Waals surface area (Å²) >= 11 is 0. The zero-order chi connectivity index (χ0) is 23.7. The van der Waals surface area contributed by atoms with E-state index in [1.165, 1.54) is 4.90 Å². The van der Waals surface area contributed by atoms with Crippen molar-refractivity contribution in [3.05, 3.63) is 58.9 Å². The predicted molar refractivity (Wildman–Crippen MR) is 120 cm³/mol. The van der Waals surface area contributed by atoms with Crippen LogP contribution >= 0.6 is 0 Å². The Kier molecular flexibility index (Phi) is 6.22. The molecule has 1 saturated heterocycles. The number of amides is 5. The second kappa shape index (κ2) is 9.09. The first-order valence-corrected chi connectivity index (χ1v) is 11.0. The second-order valence-corrected chi connectivity index (χ2v) is 8.67. The molecule has 1 aromatic rings. The molecule has 0 spiro atoms. The molecule has 4 rings (SSSR count). The van der Waals surface area contributed by atoms with Crippen LogP contribution in [-0.2, 0) is 27.4 Å². The minimum Gasteiger partial charge on any atom is -0.497 e. The molecule has 2 N–H and O–H groups in total. The van der Waals surface area contributed by atoms with E-state index in [4.69, 9.17) is 4.74 Å². The highest BCUT2D eigenvalue weighted by molar-refractivity contribution is 6.05. The van der Waals surface area contributed by atoms with Gasteiger partial charge in [-0.25, -0.2) is 4.79 Å². The lowest BCUT2D eigenvalue weighted by Crippen LogP contribution is -2.52. The van der Waals surface area contributed by atoms with Crippen molar-refractivity contribution in [2.45, 2.75) is 44.9 Å². The SMILES string of the molecule is COC1=CC(C)C(NC(=O)N(C)Cc2cccc3c2CN(C2CCC(=O)NC2=O)C3=O)C=C1. The molecule has 5 amide bonds. The fourth-order valence-electron chi connectivity index (χ4n) is 4.49. The quantitative estimate of drug-likeness (QED) is 0.661. The van der Waals surface area contributed by atoms with E-state index in [0.29, 0.717) is 18.5 Å². The normalized spacial score (nSPS) is 24.2. The lowest BCUT2D eigenvalue weighted by molar-refractivity contribution is -0.136. The molecule has 9 heteroatoms. The highest BCUT2D eigenvalue weighted by Crippen LogP contribution is 2.30. The Morgan fingerprint density at radius 2 is 2.09 bits per heavy atom. The van der Waals surface area contributed by atoms with Crippen LogP contribution in [-0.4, -0.2) is 59.8 Å². The van der Waals surface area contributed by atoms with Crippen LogP contribution in [0, 0.1) is 5.92 Å². The number of fused-ring (bicyclic) bond motifs is 1. The van der Waals surface area contributed by atoms with E-state index in [-0.39, 0.29) is 42.8 Å². The molecule has 1 aliphatic carbocycles. The third kappa shape index (κ3) is 4.48. The van der Waals surface area contributed by atoms with Gasteiger partial charge in [-0.3, -0.25) is 19.7 Å². The molecule has 1 aromatic carbocycles. The largest absolute Gasteiger partial charge is 0.497 e. The van der Waals surface area contributed by atoms with E-state index in [9.17, 15) is 19.2 Å². The molecule has 3 atom stereocenters. The van der Waals surface area contributed by atoms with Gasteiger partial charge in [-0.15, -0.1) is 0 Å². The first kappa shape index (κ1) is 22.6. The number of ether oxygens (including phenoxy) is 1. The number of imide groups is 1. The number of hydrogen-bond acceptors (Lipinski definition) is 5. The van der Waals surface area contributed by atoms with Crippen LogP contribution in [0.3, 0.4) is 0 Å². The van der Waals surface area contributed by atoms with E-state index in [2.05, 4.69) is 10.6 Å². The minimum atomic E-state index is -0.666. The summed E-state index contributed by atoms with van der Waals surface area (Å²) in [6.45, 7) is 2.60. The molecule has 0 saturated carbocycles. The van der Waals surface area contributed by atoms with Gasteiger partial charge in [-0.1, -0.05) is 25.1 Å². The lowest BCUT2D eigenvalue weighted by atomic mass is 9.96. The molecule has 0 aromatic heterocycles. The Hall–Kier alpha value is -3.62. The van der Waals surface area contributed by atoms with Gasteiger partial charge in [-0.05, 0) is 35.8 Å². The minimum absolute atomic E-state index is 0.0861. The maximum absolute atomic E-state index is 13.0. The Morgan fingerprint density at radius 3 is 2.79 bits per heavy atom. The smallest absolute Gasteiger partial charge is 0.317 e.